The van der Waals surface area contributed by atoms with Crippen LogP contribution in [0.1, 0.15) is 21.9 Å². The third-order valence-electron chi connectivity index (χ3n) is 4.62. The molecule has 0 aliphatic rings. The van der Waals surface area contributed by atoms with Gasteiger partial charge in [-0.1, -0.05) is 29.3 Å². The summed E-state index contributed by atoms with van der Waals surface area (Å²) in [5.41, 5.74) is 0.870. The van der Waals surface area contributed by atoms with Gasteiger partial charge in [0.25, 0.3) is 5.91 Å². The standard InChI is InChI=1S/C22H21Cl2NO6S/c1-29-15-6-8-19(30-2)14(12-15)10-11-25-22(26)20-9-7-16(31-20)13-32(27,28)21-17(23)4-3-5-18(21)24/h3-9,12H,10-11,13H2,1-2H3,(H,25,26). The minimum absolute atomic E-state index is 0.00179. The number of sulfone groups is 1. The van der Waals surface area contributed by atoms with Gasteiger partial charge in [-0.2, -0.15) is 0 Å². The Hall–Kier alpha value is -2.68. The zero-order chi connectivity index (χ0) is 23.3. The first-order valence-electron chi connectivity index (χ1n) is 9.49. The van der Waals surface area contributed by atoms with Crippen LogP contribution in [0.5, 0.6) is 11.5 Å². The molecule has 0 saturated carbocycles. The molecule has 1 heterocycles. The SMILES string of the molecule is COc1ccc(OC)c(CCNC(=O)c2ccc(CS(=O)(=O)c3c(Cl)cccc3Cl)o2)c1. The number of ether oxygens (including phenoxy) is 2. The zero-order valence-electron chi connectivity index (χ0n) is 17.4. The molecule has 0 radical (unpaired) electrons. The van der Waals surface area contributed by atoms with Crippen molar-refractivity contribution in [3.63, 3.8) is 0 Å². The van der Waals surface area contributed by atoms with E-state index in [1.165, 1.54) is 24.3 Å². The van der Waals surface area contributed by atoms with Gasteiger partial charge in [0.15, 0.2) is 15.6 Å². The highest BCUT2D eigenvalue weighted by Crippen LogP contribution is 2.31. The van der Waals surface area contributed by atoms with Crippen molar-refractivity contribution < 1.29 is 27.1 Å². The summed E-state index contributed by atoms with van der Waals surface area (Å²) in [4.78, 5) is 12.2. The van der Waals surface area contributed by atoms with Crippen molar-refractivity contribution >= 4 is 38.9 Å². The maximum atomic E-state index is 12.7. The summed E-state index contributed by atoms with van der Waals surface area (Å²) in [5, 5.41) is 2.79. The number of hydrogen-bond acceptors (Lipinski definition) is 6. The summed E-state index contributed by atoms with van der Waals surface area (Å²) in [6, 6.07) is 12.7. The summed E-state index contributed by atoms with van der Waals surface area (Å²) < 4.78 is 41.4. The normalized spacial score (nSPS) is 11.2. The Morgan fingerprint density at radius 1 is 1.03 bits per heavy atom. The van der Waals surface area contributed by atoms with Crippen LogP contribution in [0.4, 0.5) is 0 Å². The van der Waals surface area contributed by atoms with E-state index in [0.717, 1.165) is 5.56 Å². The Balaban J connectivity index is 1.64. The third-order valence-corrected chi connectivity index (χ3v) is 7.20. The first-order chi connectivity index (χ1) is 15.2. The summed E-state index contributed by atoms with van der Waals surface area (Å²) in [6.07, 6.45) is 0.499. The van der Waals surface area contributed by atoms with E-state index in [0.29, 0.717) is 24.5 Å². The number of methoxy groups -OCH3 is 2. The second kappa shape index (κ2) is 10.3. The summed E-state index contributed by atoms with van der Waals surface area (Å²) in [6.45, 7) is 0.311. The molecular formula is C22H21Cl2NO6S. The predicted molar refractivity (Wildman–Crippen MR) is 122 cm³/mol. The molecule has 0 aliphatic carbocycles. The molecule has 3 aromatic rings. The monoisotopic (exact) mass is 497 g/mol. The van der Waals surface area contributed by atoms with Crippen LogP contribution in [0, 0.1) is 0 Å². The molecule has 0 unspecified atom stereocenters. The Kier molecular flexibility index (Phi) is 7.71. The predicted octanol–water partition coefficient (Wildman–Crippen LogP) is 4.55. The molecular weight excluding hydrogens is 477 g/mol. The first kappa shape index (κ1) is 24.0. The van der Waals surface area contributed by atoms with Gasteiger partial charge in [0.2, 0.25) is 0 Å². The molecule has 32 heavy (non-hydrogen) atoms. The van der Waals surface area contributed by atoms with E-state index < -0.39 is 21.5 Å². The van der Waals surface area contributed by atoms with Crippen LogP contribution in [-0.2, 0) is 22.0 Å². The summed E-state index contributed by atoms with van der Waals surface area (Å²) >= 11 is 12.0. The van der Waals surface area contributed by atoms with Gasteiger partial charge >= 0.3 is 0 Å². The number of halogens is 2. The van der Waals surface area contributed by atoms with Gasteiger partial charge in [-0.15, -0.1) is 0 Å². The minimum atomic E-state index is -3.87. The first-order valence-corrected chi connectivity index (χ1v) is 11.9. The Bertz CT molecular complexity index is 1200. The van der Waals surface area contributed by atoms with Gasteiger partial charge in [0.05, 0.1) is 24.3 Å². The van der Waals surface area contributed by atoms with E-state index in [1.807, 2.05) is 6.07 Å². The van der Waals surface area contributed by atoms with Crippen molar-refractivity contribution in [2.75, 3.05) is 20.8 Å². The van der Waals surface area contributed by atoms with E-state index in [-0.39, 0.29) is 26.5 Å². The van der Waals surface area contributed by atoms with Crippen LogP contribution < -0.4 is 14.8 Å². The van der Waals surface area contributed by atoms with Crippen molar-refractivity contribution in [3.05, 3.63) is 75.7 Å². The molecule has 0 spiro atoms. The molecule has 1 aromatic heterocycles. The molecule has 0 fully saturated rings. The zero-order valence-corrected chi connectivity index (χ0v) is 19.7. The maximum absolute atomic E-state index is 12.7. The van der Waals surface area contributed by atoms with Gasteiger partial charge < -0.3 is 19.2 Å². The smallest absolute Gasteiger partial charge is 0.287 e. The number of nitrogens with one attached hydrogen (secondary N) is 1. The number of benzene rings is 2. The summed E-state index contributed by atoms with van der Waals surface area (Å²) in [7, 11) is -0.731. The van der Waals surface area contributed by atoms with E-state index in [1.54, 1.807) is 32.4 Å². The quantitative estimate of drug-likeness (QED) is 0.465. The minimum Gasteiger partial charge on any atom is -0.497 e. The van der Waals surface area contributed by atoms with E-state index in [9.17, 15) is 13.2 Å². The van der Waals surface area contributed by atoms with Gasteiger partial charge in [-0.3, -0.25) is 4.79 Å². The lowest BCUT2D eigenvalue weighted by Crippen LogP contribution is -2.25. The van der Waals surface area contributed by atoms with Crippen molar-refractivity contribution in [1.82, 2.24) is 5.32 Å². The Morgan fingerprint density at radius 2 is 1.75 bits per heavy atom. The van der Waals surface area contributed by atoms with Crippen molar-refractivity contribution in [2.24, 2.45) is 0 Å². The Labute approximate surface area is 196 Å². The molecule has 0 atom stereocenters. The molecule has 0 saturated heterocycles. The van der Waals surface area contributed by atoms with Crippen LogP contribution in [0.3, 0.4) is 0 Å². The second-order valence-electron chi connectivity index (χ2n) is 6.76. The molecule has 170 valence electrons. The van der Waals surface area contributed by atoms with Crippen molar-refractivity contribution in [2.45, 2.75) is 17.1 Å². The largest absolute Gasteiger partial charge is 0.497 e. The van der Waals surface area contributed by atoms with E-state index >= 15 is 0 Å². The molecule has 0 aliphatic heterocycles. The molecule has 10 heteroatoms. The van der Waals surface area contributed by atoms with Crippen molar-refractivity contribution in [1.29, 1.82) is 0 Å². The number of amides is 1. The molecule has 1 N–H and O–H groups in total. The van der Waals surface area contributed by atoms with Gasteiger partial charge in [-0.25, -0.2) is 8.42 Å². The lowest BCUT2D eigenvalue weighted by Gasteiger charge is -2.10. The fourth-order valence-electron chi connectivity index (χ4n) is 3.09. The lowest BCUT2D eigenvalue weighted by atomic mass is 10.1. The summed E-state index contributed by atoms with van der Waals surface area (Å²) in [5.74, 6) is 0.515. The fraction of sp³-hybridized carbons (Fsp3) is 0.227. The fourth-order valence-corrected chi connectivity index (χ4v) is 5.60. The van der Waals surface area contributed by atoms with Gasteiger partial charge in [-0.05, 0) is 54.4 Å². The highest BCUT2D eigenvalue weighted by molar-refractivity contribution is 7.90. The van der Waals surface area contributed by atoms with Crippen LogP contribution in [0.2, 0.25) is 10.0 Å². The second-order valence-corrected chi connectivity index (χ2v) is 9.50. The van der Waals surface area contributed by atoms with E-state index in [4.69, 9.17) is 37.1 Å². The van der Waals surface area contributed by atoms with Gasteiger partial charge in [0.1, 0.15) is 27.9 Å². The molecule has 2 aromatic carbocycles. The average molecular weight is 498 g/mol. The number of rotatable bonds is 9. The van der Waals surface area contributed by atoms with Crippen LogP contribution >= 0.6 is 23.2 Å². The third kappa shape index (κ3) is 5.56. The molecule has 3 rings (SSSR count). The average Bonchev–Trinajstić information content (AvgIpc) is 3.21. The highest BCUT2D eigenvalue weighted by Gasteiger charge is 2.24. The number of carbonyl (C=O) groups is 1. The molecule has 0 bridgehead atoms. The molecule has 1 amide bonds. The number of carbonyl (C=O) groups excluding carboxylic acids is 1. The lowest BCUT2D eigenvalue weighted by molar-refractivity contribution is 0.0925. The Morgan fingerprint density at radius 3 is 2.41 bits per heavy atom. The topological polar surface area (TPSA) is 94.8 Å². The highest BCUT2D eigenvalue weighted by atomic mass is 35.5. The van der Waals surface area contributed by atoms with Crippen LogP contribution in [-0.4, -0.2) is 35.1 Å². The number of furan rings is 1. The maximum Gasteiger partial charge on any atom is 0.287 e. The van der Waals surface area contributed by atoms with Crippen LogP contribution in [0.25, 0.3) is 0 Å². The van der Waals surface area contributed by atoms with Crippen LogP contribution in [0.15, 0.2) is 57.8 Å². The number of hydrogen-bond donors (Lipinski definition) is 1. The van der Waals surface area contributed by atoms with Gasteiger partial charge in [0, 0.05) is 6.54 Å². The van der Waals surface area contributed by atoms with E-state index in [2.05, 4.69) is 5.32 Å². The molecule has 7 nitrogen and oxygen atoms in total. The van der Waals surface area contributed by atoms with Crippen molar-refractivity contribution in [3.8, 4) is 11.5 Å².